The molecule has 0 spiro atoms. The molecule has 1 aromatic carbocycles. The van der Waals surface area contributed by atoms with Crippen molar-refractivity contribution in [3.05, 3.63) is 56.7 Å². The van der Waals surface area contributed by atoms with E-state index in [1.54, 1.807) is 12.1 Å². The highest BCUT2D eigenvalue weighted by Crippen LogP contribution is 2.29. The van der Waals surface area contributed by atoms with Gasteiger partial charge in [-0.25, -0.2) is 9.97 Å². The maximum atomic E-state index is 10.9. The van der Waals surface area contributed by atoms with Crippen LogP contribution in [0.3, 0.4) is 0 Å². The molecule has 3 rings (SSSR count). The van der Waals surface area contributed by atoms with E-state index in [0.717, 1.165) is 26.9 Å². The van der Waals surface area contributed by atoms with Gasteiger partial charge in [-0.2, -0.15) is 0 Å². The topological polar surface area (TPSA) is 94.9 Å². The van der Waals surface area contributed by atoms with Crippen LogP contribution >= 0.6 is 11.3 Å². The number of anilines is 1. The lowest BCUT2D eigenvalue weighted by atomic mass is 10.1. The third-order valence-corrected chi connectivity index (χ3v) is 4.33. The summed E-state index contributed by atoms with van der Waals surface area (Å²) in [6.45, 7) is 1.91. The van der Waals surface area contributed by atoms with E-state index in [0.29, 0.717) is 5.82 Å². The van der Waals surface area contributed by atoms with Crippen molar-refractivity contribution in [2.75, 3.05) is 5.73 Å². The van der Waals surface area contributed by atoms with Crippen LogP contribution < -0.4 is 5.73 Å². The highest BCUT2D eigenvalue weighted by Gasteiger charge is 2.08. The van der Waals surface area contributed by atoms with E-state index in [1.807, 2.05) is 24.5 Å². The van der Waals surface area contributed by atoms with Crippen molar-refractivity contribution in [1.29, 1.82) is 0 Å². The first-order valence-corrected chi connectivity index (χ1v) is 7.35. The Morgan fingerprint density at radius 1 is 1.27 bits per heavy atom. The number of thiophene rings is 1. The van der Waals surface area contributed by atoms with Gasteiger partial charge >= 0.3 is 0 Å². The van der Waals surface area contributed by atoms with Crippen molar-refractivity contribution in [3.63, 3.8) is 0 Å². The summed E-state index contributed by atoms with van der Waals surface area (Å²) >= 11 is 1.48. The van der Waals surface area contributed by atoms with Crippen LogP contribution in [-0.4, -0.2) is 14.9 Å². The Hall–Kier alpha value is -2.80. The minimum Gasteiger partial charge on any atom is -0.382 e. The second kappa shape index (κ2) is 5.53. The predicted octanol–water partition coefficient (Wildman–Crippen LogP) is 3.66. The van der Waals surface area contributed by atoms with Crippen LogP contribution in [0.4, 0.5) is 11.5 Å². The molecular formula is C15H12N4O2S. The summed E-state index contributed by atoms with van der Waals surface area (Å²) in [4.78, 5) is 18.7. The van der Waals surface area contributed by atoms with E-state index in [9.17, 15) is 10.1 Å². The Labute approximate surface area is 130 Å². The van der Waals surface area contributed by atoms with Gasteiger partial charge in [0, 0.05) is 23.1 Å². The smallest absolute Gasteiger partial charge is 0.270 e. The number of benzene rings is 1. The van der Waals surface area contributed by atoms with E-state index >= 15 is 0 Å². The zero-order valence-electron chi connectivity index (χ0n) is 11.7. The Morgan fingerprint density at radius 2 is 2.05 bits per heavy atom. The predicted molar refractivity (Wildman–Crippen MR) is 88.6 cm³/mol. The number of non-ortho nitro benzene ring substituents is 1. The van der Waals surface area contributed by atoms with Crippen LogP contribution in [0.1, 0.15) is 16.7 Å². The fraction of sp³-hybridized carbons (Fsp3) is 0.0667. The number of nitrogen functional groups attached to an aromatic ring is 1. The van der Waals surface area contributed by atoms with Crippen LogP contribution in [0.25, 0.3) is 22.4 Å². The van der Waals surface area contributed by atoms with Gasteiger partial charge in [-0.15, -0.1) is 11.3 Å². The highest BCUT2D eigenvalue weighted by molar-refractivity contribution is 7.18. The molecule has 0 fully saturated rings. The molecule has 0 saturated heterocycles. The maximum Gasteiger partial charge on any atom is 0.270 e. The zero-order chi connectivity index (χ0) is 15.7. The molecule has 0 radical (unpaired) electrons. The number of hydrogen-bond donors (Lipinski definition) is 1. The van der Waals surface area contributed by atoms with Gasteiger partial charge in [-0.05, 0) is 18.1 Å². The van der Waals surface area contributed by atoms with Crippen LogP contribution in [-0.2, 0) is 0 Å². The molecule has 2 heterocycles. The summed E-state index contributed by atoms with van der Waals surface area (Å²) in [5, 5.41) is 12.8. The molecule has 0 atom stereocenters. The quantitative estimate of drug-likeness (QED) is 0.588. The normalized spacial score (nSPS) is 11.3. The number of rotatable bonds is 3. The minimum absolute atomic E-state index is 0.0759. The average molecular weight is 312 g/mol. The first-order valence-electron chi connectivity index (χ1n) is 6.47. The minimum atomic E-state index is -0.398. The SMILES string of the molecule is Cc1ccc([N+](=O)[O-])cc1/C=C/c1csc2c(N)ncnc12. The Bertz CT molecular complexity index is 902. The number of nitrogens with zero attached hydrogens (tertiary/aromatic N) is 3. The lowest BCUT2D eigenvalue weighted by Gasteiger charge is -2.00. The first kappa shape index (κ1) is 14.2. The fourth-order valence-electron chi connectivity index (χ4n) is 2.11. The molecule has 22 heavy (non-hydrogen) atoms. The molecule has 0 aliphatic rings. The van der Waals surface area contributed by atoms with Crippen LogP contribution in [0.2, 0.25) is 0 Å². The summed E-state index contributed by atoms with van der Waals surface area (Å²) in [5.74, 6) is 0.459. The highest BCUT2D eigenvalue weighted by atomic mass is 32.1. The number of aryl methyl sites for hydroxylation is 1. The Kier molecular flexibility index (Phi) is 3.56. The summed E-state index contributed by atoms with van der Waals surface area (Å²) in [6, 6.07) is 4.80. The molecule has 0 aliphatic carbocycles. The molecule has 7 heteroatoms. The molecule has 0 amide bonds. The first-order chi connectivity index (χ1) is 10.6. The van der Waals surface area contributed by atoms with E-state index < -0.39 is 4.92 Å². The number of nitrogens with two attached hydrogens (primary N) is 1. The summed E-state index contributed by atoms with van der Waals surface area (Å²) in [6.07, 6.45) is 5.17. The van der Waals surface area contributed by atoms with Gasteiger partial charge in [0.25, 0.3) is 5.69 Å². The van der Waals surface area contributed by atoms with Gasteiger partial charge in [0.05, 0.1) is 15.1 Å². The van der Waals surface area contributed by atoms with Crippen LogP contribution in [0.5, 0.6) is 0 Å². The second-order valence-electron chi connectivity index (χ2n) is 4.76. The molecule has 3 aromatic rings. The van der Waals surface area contributed by atoms with E-state index in [-0.39, 0.29) is 5.69 Å². The lowest BCUT2D eigenvalue weighted by Crippen LogP contribution is -1.90. The van der Waals surface area contributed by atoms with Crippen molar-refractivity contribution >= 4 is 45.2 Å². The Balaban J connectivity index is 2.01. The Morgan fingerprint density at radius 3 is 2.82 bits per heavy atom. The summed E-state index contributed by atoms with van der Waals surface area (Å²) < 4.78 is 0.845. The lowest BCUT2D eigenvalue weighted by molar-refractivity contribution is -0.384. The molecule has 6 nitrogen and oxygen atoms in total. The van der Waals surface area contributed by atoms with E-state index in [4.69, 9.17) is 5.73 Å². The monoisotopic (exact) mass is 312 g/mol. The number of fused-ring (bicyclic) bond motifs is 1. The molecule has 0 bridgehead atoms. The average Bonchev–Trinajstić information content (AvgIpc) is 2.91. The number of nitro benzene ring substituents is 1. The van der Waals surface area contributed by atoms with Crippen LogP contribution in [0, 0.1) is 17.0 Å². The summed E-state index contributed by atoms with van der Waals surface area (Å²) in [7, 11) is 0. The van der Waals surface area contributed by atoms with Gasteiger partial charge < -0.3 is 5.73 Å². The van der Waals surface area contributed by atoms with Crippen molar-refractivity contribution in [1.82, 2.24) is 9.97 Å². The molecular weight excluding hydrogens is 300 g/mol. The molecule has 2 aromatic heterocycles. The molecule has 2 N–H and O–H groups in total. The van der Waals surface area contributed by atoms with Crippen molar-refractivity contribution < 1.29 is 4.92 Å². The van der Waals surface area contributed by atoms with E-state index in [2.05, 4.69) is 9.97 Å². The third kappa shape index (κ3) is 2.53. The van der Waals surface area contributed by atoms with Crippen LogP contribution in [0.15, 0.2) is 29.9 Å². The molecule has 0 aliphatic heterocycles. The number of nitro groups is 1. The van der Waals surface area contributed by atoms with Crippen molar-refractivity contribution in [2.24, 2.45) is 0 Å². The molecule has 0 unspecified atom stereocenters. The van der Waals surface area contributed by atoms with Gasteiger partial charge in [-0.1, -0.05) is 18.2 Å². The van der Waals surface area contributed by atoms with Gasteiger partial charge in [-0.3, -0.25) is 10.1 Å². The second-order valence-corrected chi connectivity index (χ2v) is 5.64. The zero-order valence-corrected chi connectivity index (χ0v) is 12.5. The number of aromatic nitrogens is 2. The van der Waals surface area contributed by atoms with E-state index in [1.165, 1.54) is 23.7 Å². The van der Waals surface area contributed by atoms with Gasteiger partial charge in [0.1, 0.15) is 12.1 Å². The van der Waals surface area contributed by atoms with Crippen molar-refractivity contribution in [2.45, 2.75) is 6.92 Å². The summed E-state index contributed by atoms with van der Waals surface area (Å²) in [5.41, 5.74) is 9.37. The fourth-order valence-corrected chi connectivity index (χ4v) is 3.00. The van der Waals surface area contributed by atoms with Crippen molar-refractivity contribution in [3.8, 4) is 0 Å². The maximum absolute atomic E-state index is 10.9. The van der Waals surface area contributed by atoms with Gasteiger partial charge in [0.15, 0.2) is 0 Å². The molecule has 110 valence electrons. The standard InChI is InChI=1S/C15H12N4O2S/c1-9-2-5-12(19(20)21)6-10(9)3-4-11-7-22-14-13(11)17-8-18-15(14)16/h2-8H,1H3,(H2,16,17,18)/b4-3+. The largest absolute Gasteiger partial charge is 0.382 e. The number of hydrogen-bond acceptors (Lipinski definition) is 6. The molecule has 0 saturated carbocycles. The third-order valence-electron chi connectivity index (χ3n) is 3.32. The van der Waals surface area contributed by atoms with Gasteiger partial charge in [0.2, 0.25) is 0 Å².